The molecule has 0 saturated carbocycles. The number of rotatable bonds is 5. The fourth-order valence-electron chi connectivity index (χ4n) is 1.92. The molecule has 0 heterocycles. The normalized spacial score (nSPS) is 11.6. The first kappa shape index (κ1) is 19.0. The van der Waals surface area contributed by atoms with Crippen molar-refractivity contribution in [3.63, 3.8) is 0 Å². The Labute approximate surface area is 150 Å². The van der Waals surface area contributed by atoms with E-state index in [1.165, 1.54) is 12.1 Å². The summed E-state index contributed by atoms with van der Waals surface area (Å²) < 4.78 is 44.1. The molecule has 132 valence electrons. The number of hydrogen-bond acceptors (Lipinski definition) is 3. The van der Waals surface area contributed by atoms with E-state index < -0.39 is 17.6 Å². The van der Waals surface area contributed by atoms with Crippen molar-refractivity contribution in [3.05, 3.63) is 63.6 Å². The number of hydrazone groups is 1. The monoisotopic (exact) mass is 414 g/mol. The summed E-state index contributed by atoms with van der Waals surface area (Å²) in [6.07, 6.45) is -3.29. The number of halogens is 4. The minimum Gasteiger partial charge on any atom is -0.483 e. The van der Waals surface area contributed by atoms with Crippen molar-refractivity contribution < 1.29 is 22.7 Å². The van der Waals surface area contributed by atoms with E-state index in [0.717, 1.165) is 28.4 Å². The Bertz CT molecular complexity index is 792. The molecule has 0 fully saturated rings. The molecule has 0 bridgehead atoms. The maximum absolute atomic E-state index is 12.6. The molecule has 4 nitrogen and oxygen atoms in total. The van der Waals surface area contributed by atoms with Gasteiger partial charge in [0, 0.05) is 4.47 Å². The third-order valence-corrected chi connectivity index (χ3v) is 3.61. The summed E-state index contributed by atoms with van der Waals surface area (Å²) in [6.45, 7) is 1.58. The smallest absolute Gasteiger partial charge is 0.416 e. The van der Waals surface area contributed by atoms with Crippen LogP contribution in [-0.2, 0) is 11.0 Å². The van der Waals surface area contributed by atoms with Gasteiger partial charge in [-0.1, -0.05) is 28.1 Å². The van der Waals surface area contributed by atoms with E-state index in [2.05, 4.69) is 26.5 Å². The summed E-state index contributed by atoms with van der Waals surface area (Å²) in [4.78, 5) is 11.7. The maximum atomic E-state index is 12.6. The zero-order valence-corrected chi connectivity index (χ0v) is 14.7. The van der Waals surface area contributed by atoms with Gasteiger partial charge in [0.25, 0.3) is 5.91 Å². The molecule has 2 aromatic rings. The molecule has 0 aliphatic carbocycles. The average Bonchev–Trinajstić information content (AvgIpc) is 2.53. The molecule has 25 heavy (non-hydrogen) atoms. The molecular weight excluding hydrogens is 401 g/mol. The lowest BCUT2D eigenvalue weighted by atomic mass is 10.1. The summed E-state index contributed by atoms with van der Waals surface area (Å²) >= 11 is 3.33. The lowest BCUT2D eigenvalue weighted by Crippen LogP contribution is -2.24. The van der Waals surface area contributed by atoms with Gasteiger partial charge in [-0.3, -0.25) is 4.79 Å². The van der Waals surface area contributed by atoms with Crippen molar-refractivity contribution >= 4 is 28.1 Å². The molecule has 1 amide bonds. The van der Waals surface area contributed by atoms with Gasteiger partial charge in [0.1, 0.15) is 5.75 Å². The van der Waals surface area contributed by atoms with Gasteiger partial charge in [-0.05, 0) is 48.4 Å². The summed E-state index contributed by atoms with van der Waals surface area (Å²) in [7, 11) is 0. The molecule has 1 N–H and O–H groups in total. The van der Waals surface area contributed by atoms with Gasteiger partial charge in [-0.15, -0.1) is 0 Å². The van der Waals surface area contributed by atoms with E-state index in [0.29, 0.717) is 5.75 Å². The Balaban J connectivity index is 1.88. The fourth-order valence-corrected chi connectivity index (χ4v) is 2.40. The van der Waals surface area contributed by atoms with Crippen LogP contribution in [0.25, 0.3) is 0 Å². The van der Waals surface area contributed by atoms with E-state index >= 15 is 0 Å². The lowest BCUT2D eigenvalue weighted by molar-refractivity contribution is -0.137. The third-order valence-electron chi connectivity index (χ3n) is 3.11. The Hall–Kier alpha value is -2.35. The Morgan fingerprint density at radius 1 is 1.28 bits per heavy atom. The highest BCUT2D eigenvalue weighted by Gasteiger charge is 2.30. The van der Waals surface area contributed by atoms with Crippen molar-refractivity contribution in [1.82, 2.24) is 5.43 Å². The van der Waals surface area contributed by atoms with Gasteiger partial charge in [0.2, 0.25) is 0 Å². The van der Waals surface area contributed by atoms with Crippen LogP contribution in [0.3, 0.4) is 0 Å². The maximum Gasteiger partial charge on any atom is 0.416 e. The van der Waals surface area contributed by atoms with E-state index in [-0.39, 0.29) is 12.2 Å². The highest BCUT2D eigenvalue weighted by molar-refractivity contribution is 9.10. The van der Waals surface area contributed by atoms with Gasteiger partial charge in [0.15, 0.2) is 6.61 Å². The fraction of sp³-hybridized carbons (Fsp3) is 0.176. The van der Waals surface area contributed by atoms with Crippen molar-refractivity contribution in [3.8, 4) is 5.75 Å². The van der Waals surface area contributed by atoms with Gasteiger partial charge in [0.05, 0.1) is 11.8 Å². The number of hydrogen-bond donors (Lipinski definition) is 1. The van der Waals surface area contributed by atoms with Crippen LogP contribution in [0.1, 0.15) is 16.7 Å². The predicted molar refractivity (Wildman–Crippen MR) is 91.6 cm³/mol. The minimum atomic E-state index is -4.43. The predicted octanol–water partition coefficient (Wildman–Crippen LogP) is 4.31. The number of nitrogens with one attached hydrogen (secondary N) is 1. The second kappa shape index (κ2) is 8.15. The van der Waals surface area contributed by atoms with Gasteiger partial charge < -0.3 is 4.74 Å². The number of ether oxygens (including phenoxy) is 1. The zero-order valence-electron chi connectivity index (χ0n) is 13.1. The van der Waals surface area contributed by atoms with Crippen LogP contribution in [0, 0.1) is 6.92 Å². The van der Waals surface area contributed by atoms with E-state index in [1.807, 2.05) is 13.0 Å². The number of amides is 1. The highest BCUT2D eigenvalue weighted by Crippen LogP contribution is 2.29. The SMILES string of the molecule is Cc1cc(Br)ccc1OCC(=O)NN=Cc1cccc(C(F)(F)F)c1. The third kappa shape index (κ3) is 5.90. The standard InChI is InChI=1S/C17H14BrF3N2O2/c1-11-7-14(18)5-6-15(11)25-10-16(24)23-22-9-12-3-2-4-13(8-12)17(19,20)21/h2-9H,10H2,1H3,(H,23,24). The molecule has 0 aliphatic rings. The number of carbonyl (C=O) groups is 1. The number of aryl methyl sites for hydroxylation is 1. The second-order valence-electron chi connectivity index (χ2n) is 5.11. The molecule has 0 atom stereocenters. The van der Waals surface area contributed by atoms with Crippen LogP contribution >= 0.6 is 15.9 Å². The molecular formula is C17H14BrF3N2O2. The molecule has 0 aliphatic heterocycles. The summed E-state index contributed by atoms with van der Waals surface area (Å²) in [5.41, 5.74) is 2.50. The molecule has 0 unspecified atom stereocenters. The van der Waals surface area contributed by atoms with Crippen molar-refractivity contribution in [2.45, 2.75) is 13.1 Å². The summed E-state index contributed by atoms with van der Waals surface area (Å²) in [6, 6.07) is 9.98. The summed E-state index contributed by atoms with van der Waals surface area (Å²) in [5, 5.41) is 3.63. The van der Waals surface area contributed by atoms with Crippen LogP contribution in [0.15, 0.2) is 52.0 Å². The van der Waals surface area contributed by atoms with Gasteiger partial charge in [-0.2, -0.15) is 18.3 Å². The zero-order chi connectivity index (χ0) is 18.4. The first-order chi connectivity index (χ1) is 11.8. The number of nitrogens with zero attached hydrogens (tertiary/aromatic N) is 1. The Morgan fingerprint density at radius 3 is 2.72 bits per heavy atom. The molecule has 0 radical (unpaired) electrons. The quantitative estimate of drug-likeness (QED) is 0.585. The largest absolute Gasteiger partial charge is 0.483 e. The first-order valence-corrected chi connectivity index (χ1v) is 7.93. The number of alkyl halides is 3. The average molecular weight is 415 g/mol. The highest BCUT2D eigenvalue weighted by atomic mass is 79.9. The van der Waals surface area contributed by atoms with Crippen LogP contribution in [0.2, 0.25) is 0 Å². The van der Waals surface area contributed by atoms with Crippen LogP contribution in [0.4, 0.5) is 13.2 Å². The minimum absolute atomic E-state index is 0.222. The molecule has 8 heteroatoms. The molecule has 2 rings (SSSR count). The Morgan fingerprint density at radius 2 is 2.04 bits per heavy atom. The summed E-state index contributed by atoms with van der Waals surface area (Å²) in [5.74, 6) is 0.0331. The van der Waals surface area contributed by atoms with Gasteiger partial charge >= 0.3 is 6.18 Å². The van der Waals surface area contributed by atoms with E-state index in [9.17, 15) is 18.0 Å². The van der Waals surface area contributed by atoms with E-state index in [1.54, 1.807) is 12.1 Å². The van der Waals surface area contributed by atoms with Crippen molar-refractivity contribution in [2.75, 3.05) is 6.61 Å². The molecule has 0 saturated heterocycles. The van der Waals surface area contributed by atoms with Crippen LogP contribution in [-0.4, -0.2) is 18.7 Å². The first-order valence-electron chi connectivity index (χ1n) is 7.14. The Kier molecular flexibility index (Phi) is 6.19. The second-order valence-corrected chi connectivity index (χ2v) is 6.03. The van der Waals surface area contributed by atoms with Crippen LogP contribution in [0.5, 0.6) is 5.75 Å². The molecule has 0 spiro atoms. The molecule has 0 aromatic heterocycles. The van der Waals surface area contributed by atoms with Crippen molar-refractivity contribution in [1.29, 1.82) is 0 Å². The van der Waals surface area contributed by atoms with Gasteiger partial charge in [-0.25, -0.2) is 5.43 Å². The topological polar surface area (TPSA) is 50.7 Å². The lowest BCUT2D eigenvalue weighted by Gasteiger charge is -2.08. The van der Waals surface area contributed by atoms with Crippen LogP contribution < -0.4 is 10.2 Å². The number of carbonyl (C=O) groups excluding carboxylic acids is 1. The van der Waals surface area contributed by atoms with Crippen molar-refractivity contribution in [2.24, 2.45) is 5.10 Å². The number of benzene rings is 2. The molecule has 2 aromatic carbocycles. The van der Waals surface area contributed by atoms with E-state index in [4.69, 9.17) is 4.74 Å².